The highest BCUT2D eigenvalue weighted by atomic mass is 35.5. The van der Waals surface area contributed by atoms with Crippen LogP contribution in [0.1, 0.15) is 18.9 Å². The van der Waals surface area contributed by atoms with Crippen LogP contribution in [0.4, 0.5) is 5.69 Å². The molecule has 0 spiro atoms. The van der Waals surface area contributed by atoms with Gasteiger partial charge in [-0.2, -0.15) is 5.26 Å². The fourth-order valence-electron chi connectivity index (χ4n) is 1.55. The highest BCUT2D eigenvalue weighted by Gasteiger charge is 2.24. The van der Waals surface area contributed by atoms with Crippen molar-refractivity contribution in [3.8, 4) is 17.3 Å². The lowest BCUT2D eigenvalue weighted by atomic mass is 9.97. The maximum atomic E-state index is 10.9. The number of aromatic nitrogens is 1. The van der Waals surface area contributed by atoms with E-state index in [9.17, 15) is 10.1 Å². The van der Waals surface area contributed by atoms with E-state index in [4.69, 9.17) is 16.9 Å². The summed E-state index contributed by atoms with van der Waals surface area (Å²) in [4.78, 5) is 14.7. The third-order valence-electron chi connectivity index (χ3n) is 2.76. The Kier molecular flexibility index (Phi) is 3.75. The third kappa shape index (κ3) is 2.64. The van der Waals surface area contributed by atoms with Crippen molar-refractivity contribution in [2.24, 2.45) is 0 Å². The van der Waals surface area contributed by atoms with Gasteiger partial charge in [-0.3, -0.25) is 10.1 Å². The van der Waals surface area contributed by atoms with Gasteiger partial charge in [-0.1, -0.05) is 17.7 Å². The summed E-state index contributed by atoms with van der Waals surface area (Å²) in [6.07, 6.45) is 0. The molecule has 0 N–H and O–H groups in total. The summed E-state index contributed by atoms with van der Waals surface area (Å²) in [5, 5.41) is 22.5. The number of nitrogens with zero attached hydrogens (tertiary/aromatic N) is 3. The number of rotatable bonds is 3. The summed E-state index contributed by atoms with van der Waals surface area (Å²) < 4.78 is 0. The number of hydrogen-bond donors (Lipinski definition) is 0. The van der Waals surface area contributed by atoms with Crippen molar-refractivity contribution in [1.29, 1.82) is 5.26 Å². The van der Waals surface area contributed by atoms with Gasteiger partial charge >= 0.3 is 0 Å². The van der Waals surface area contributed by atoms with Gasteiger partial charge in [0.1, 0.15) is 15.4 Å². The van der Waals surface area contributed by atoms with Gasteiger partial charge in [-0.25, -0.2) is 4.98 Å². The second-order valence-electron chi connectivity index (χ2n) is 4.70. The molecule has 2 aromatic rings. The van der Waals surface area contributed by atoms with E-state index in [-0.39, 0.29) is 10.7 Å². The molecule has 0 aliphatic rings. The predicted molar refractivity (Wildman–Crippen MR) is 77.9 cm³/mol. The van der Waals surface area contributed by atoms with Gasteiger partial charge in [0.2, 0.25) is 0 Å². The summed E-state index contributed by atoms with van der Waals surface area (Å²) in [5.41, 5.74) is 0.380. The molecule has 0 aliphatic heterocycles. The maximum Gasteiger partial charge on any atom is 0.288 e. The van der Waals surface area contributed by atoms with Crippen molar-refractivity contribution >= 4 is 28.6 Å². The molecule has 0 atom stereocenters. The lowest BCUT2D eigenvalue weighted by Gasteiger charge is -2.09. The van der Waals surface area contributed by atoms with Gasteiger partial charge in [0.15, 0.2) is 0 Å². The average Bonchev–Trinajstić information content (AvgIpc) is 2.89. The Balaban J connectivity index is 2.46. The summed E-state index contributed by atoms with van der Waals surface area (Å²) in [5.74, 6) is 0. The van der Waals surface area contributed by atoms with Crippen LogP contribution in [0, 0.1) is 21.4 Å². The average molecular weight is 308 g/mol. The monoisotopic (exact) mass is 307 g/mol. The summed E-state index contributed by atoms with van der Waals surface area (Å²) in [7, 11) is 0. The molecule has 20 heavy (non-hydrogen) atoms. The molecule has 0 fully saturated rings. The topological polar surface area (TPSA) is 79.8 Å². The maximum absolute atomic E-state index is 10.9. The second kappa shape index (κ2) is 5.19. The zero-order valence-corrected chi connectivity index (χ0v) is 12.3. The van der Waals surface area contributed by atoms with Gasteiger partial charge in [-0.15, -0.1) is 11.3 Å². The zero-order valence-electron chi connectivity index (χ0n) is 10.8. The number of nitriles is 1. The lowest BCUT2D eigenvalue weighted by molar-refractivity contribution is -0.384. The number of hydrogen-bond acceptors (Lipinski definition) is 5. The first-order chi connectivity index (χ1) is 9.35. The first-order valence-corrected chi connectivity index (χ1v) is 6.92. The molecule has 5 nitrogen and oxygen atoms in total. The van der Waals surface area contributed by atoms with Crippen LogP contribution in [0.15, 0.2) is 23.6 Å². The molecule has 102 valence electrons. The van der Waals surface area contributed by atoms with Crippen molar-refractivity contribution in [3.63, 3.8) is 0 Å². The van der Waals surface area contributed by atoms with Crippen molar-refractivity contribution in [2.45, 2.75) is 19.3 Å². The highest BCUT2D eigenvalue weighted by Crippen LogP contribution is 2.33. The van der Waals surface area contributed by atoms with Crippen LogP contribution in [0.5, 0.6) is 0 Å². The van der Waals surface area contributed by atoms with E-state index in [1.165, 1.54) is 23.5 Å². The van der Waals surface area contributed by atoms with Crippen LogP contribution in [-0.4, -0.2) is 9.91 Å². The molecule has 7 heteroatoms. The van der Waals surface area contributed by atoms with Gasteiger partial charge in [0.05, 0.1) is 16.7 Å². The van der Waals surface area contributed by atoms with E-state index in [1.54, 1.807) is 25.3 Å². The largest absolute Gasteiger partial charge is 0.288 e. The Hall–Kier alpha value is -1.97. The quantitative estimate of drug-likeness (QED) is 0.629. The first-order valence-electron chi connectivity index (χ1n) is 5.67. The predicted octanol–water partition coefficient (Wildman–Crippen LogP) is 4.17. The normalized spacial score (nSPS) is 11.1. The van der Waals surface area contributed by atoms with E-state index in [0.717, 1.165) is 0 Å². The lowest BCUT2D eigenvalue weighted by Crippen LogP contribution is -2.13. The molecule has 0 saturated heterocycles. The minimum absolute atomic E-state index is 0.0894. The fraction of sp³-hybridized carbons (Fsp3) is 0.231. The number of halogens is 1. The van der Waals surface area contributed by atoms with Crippen LogP contribution >= 0.6 is 22.9 Å². The minimum Gasteiger partial charge on any atom is -0.258 e. The van der Waals surface area contributed by atoms with Crippen LogP contribution in [0.2, 0.25) is 5.02 Å². The number of benzene rings is 1. The summed E-state index contributed by atoms with van der Waals surface area (Å²) >= 11 is 7.13. The van der Waals surface area contributed by atoms with E-state index in [0.29, 0.717) is 16.3 Å². The van der Waals surface area contributed by atoms with Gasteiger partial charge in [-0.05, 0) is 19.9 Å². The van der Waals surface area contributed by atoms with Crippen LogP contribution in [0.25, 0.3) is 11.3 Å². The molecule has 0 bridgehead atoms. The summed E-state index contributed by atoms with van der Waals surface area (Å²) in [6.45, 7) is 3.56. The molecular weight excluding hydrogens is 298 g/mol. The Bertz CT molecular complexity index is 719. The number of nitro benzene ring substituents is 1. The summed E-state index contributed by atoms with van der Waals surface area (Å²) in [6, 6.07) is 6.72. The molecule has 0 aliphatic carbocycles. The Morgan fingerprint density at radius 2 is 2.20 bits per heavy atom. The Morgan fingerprint density at radius 1 is 1.50 bits per heavy atom. The molecule has 0 saturated carbocycles. The van der Waals surface area contributed by atoms with Crippen molar-refractivity contribution in [3.05, 3.63) is 43.7 Å². The zero-order chi connectivity index (χ0) is 14.9. The van der Waals surface area contributed by atoms with E-state index in [1.807, 2.05) is 0 Å². The molecular formula is C13H10ClN3O2S. The highest BCUT2D eigenvalue weighted by molar-refractivity contribution is 7.10. The van der Waals surface area contributed by atoms with Gasteiger partial charge < -0.3 is 0 Å². The van der Waals surface area contributed by atoms with Crippen LogP contribution in [-0.2, 0) is 5.41 Å². The second-order valence-corrected chi connectivity index (χ2v) is 5.96. The number of thiazole rings is 1. The molecule has 2 rings (SSSR count). The van der Waals surface area contributed by atoms with E-state index >= 15 is 0 Å². The molecule has 0 amide bonds. The van der Waals surface area contributed by atoms with E-state index in [2.05, 4.69) is 11.1 Å². The standard InChI is InChI=1S/C13H10ClN3O2S/c1-13(2,7-15)12-16-10(6-20-12)8-3-4-9(14)11(5-8)17(18)19/h3-6H,1-2H3. The third-order valence-corrected chi connectivity index (χ3v) is 4.24. The van der Waals surface area contributed by atoms with Gasteiger partial charge in [0.25, 0.3) is 5.69 Å². The molecule has 0 unspecified atom stereocenters. The number of nitro groups is 1. The van der Waals surface area contributed by atoms with Crippen LogP contribution < -0.4 is 0 Å². The molecule has 0 radical (unpaired) electrons. The van der Waals surface area contributed by atoms with Crippen molar-refractivity contribution in [1.82, 2.24) is 4.98 Å². The Morgan fingerprint density at radius 3 is 2.80 bits per heavy atom. The molecule has 1 heterocycles. The fourth-order valence-corrected chi connectivity index (χ4v) is 2.64. The molecule has 1 aromatic heterocycles. The minimum atomic E-state index is -0.679. The van der Waals surface area contributed by atoms with Gasteiger partial charge in [0, 0.05) is 17.0 Å². The SMILES string of the molecule is CC(C)(C#N)c1nc(-c2ccc(Cl)c([N+](=O)[O-])c2)cs1. The first kappa shape index (κ1) is 14.4. The van der Waals surface area contributed by atoms with Crippen molar-refractivity contribution in [2.75, 3.05) is 0 Å². The molecule has 1 aromatic carbocycles. The van der Waals surface area contributed by atoms with E-state index < -0.39 is 10.3 Å². The van der Waals surface area contributed by atoms with Crippen molar-refractivity contribution < 1.29 is 4.92 Å². The smallest absolute Gasteiger partial charge is 0.258 e. The Labute approximate surface area is 124 Å². The van der Waals surface area contributed by atoms with Crippen LogP contribution in [0.3, 0.4) is 0 Å².